The molecule has 0 saturated heterocycles. The number of carbonyl (C=O) groups excluding carboxylic acids is 2. The highest BCUT2D eigenvalue weighted by molar-refractivity contribution is 9.10. The Labute approximate surface area is 161 Å². The van der Waals surface area contributed by atoms with Gasteiger partial charge in [-0.1, -0.05) is 35.2 Å². The first-order valence-electron chi connectivity index (χ1n) is 8.97. The van der Waals surface area contributed by atoms with Gasteiger partial charge in [0, 0.05) is 15.9 Å². The molecule has 0 spiro atoms. The van der Waals surface area contributed by atoms with Crippen LogP contribution in [-0.4, -0.2) is 33.4 Å². The molecule has 0 unspecified atom stereocenters. The van der Waals surface area contributed by atoms with Gasteiger partial charge in [0.15, 0.2) is 5.69 Å². The van der Waals surface area contributed by atoms with Crippen molar-refractivity contribution in [1.29, 1.82) is 0 Å². The minimum absolute atomic E-state index is 0.171. The van der Waals surface area contributed by atoms with E-state index in [2.05, 4.69) is 26.3 Å². The Morgan fingerprint density at radius 3 is 2.58 bits per heavy atom. The summed E-state index contributed by atoms with van der Waals surface area (Å²) in [5.74, 6) is -0.248. The lowest BCUT2D eigenvalue weighted by Crippen LogP contribution is -2.36. The zero-order valence-corrected chi connectivity index (χ0v) is 16.9. The Morgan fingerprint density at radius 1 is 1.23 bits per heavy atom. The first kappa shape index (κ1) is 18.9. The average molecular weight is 422 g/mol. The van der Waals surface area contributed by atoms with Crippen LogP contribution in [-0.2, 0) is 4.74 Å². The van der Waals surface area contributed by atoms with E-state index in [-0.39, 0.29) is 17.6 Å². The van der Waals surface area contributed by atoms with Crippen molar-refractivity contribution in [3.63, 3.8) is 0 Å². The van der Waals surface area contributed by atoms with Gasteiger partial charge in [-0.2, -0.15) is 9.78 Å². The third-order valence-electron chi connectivity index (χ3n) is 4.36. The summed E-state index contributed by atoms with van der Waals surface area (Å²) < 4.78 is 7.41. The van der Waals surface area contributed by atoms with Gasteiger partial charge in [-0.3, -0.25) is 4.79 Å². The first-order valence-corrected chi connectivity index (χ1v) is 9.76. The van der Waals surface area contributed by atoms with Gasteiger partial charge in [-0.05, 0) is 51.8 Å². The molecule has 1 aromatic carbocycles. The summed E-state index contributed by atoms with van der Waals surface area (Å²) in [6.07, 6.45) is 4.85. The van der Waals surface area contributed by atoms with Gasteiger partial charge in [0.05, 0.1) is 5.52 Å². The van der Waals surface area contributed by atoms with Gasteiger partial charge in [0.2, 0.25) is 0 Å². The lowest BCUT2D eigenvalue weighted by atomic mass is 9.95. The van der Waals surface area contributed by atoms with Crippen molar-refractivity contribution in [3.05, 3.63) is 28.4 Å². The minimum atomic E-state index is -0.644. The van der Waals surface area contributed by atoms with Gasteiger partial charge in [0.1, 0.15) is 5.60 Å². The lowest BCUT2D eigenvalue weighted by molar-refractivity contribution is 0.0522. The third kappa shape index (κ3) is 4.26. The van der Waals surface area contributed by atoms with E-state index in [1.807, 2.05) is 6.07 Å². The molecule has 3 rings (SSSR count). The normalized spacial score (nSPS) is 15.8. The first-order chi connectivity index (χ1) is 12.2. The second kappa shape index (κ2) is 7.39. The van der Waals surface area contributed by atoms with Crippen molar-refractivity contribution < 1.29 is 14.3 Å². The lowest BCUT2D eigenvalue weighted by Gasteiger charge is -2.22. The Morgan fingerprint density at radius 2 is 1.92 bits per heavy atom. The molecule has 1 aromatic heterocycles. The zero-order valence-electron chi connectivity index (χ0n) is 15.3. The Kier molecular flexibility index (Phi) is 5.37. The number of amides is 1. The van der Waals surface area contributed by atoms with Crippen molar-refractivity contribution in [2.45, 2.75) is 64.5 Å². The fourth-order valence-electron chi connectivity index (χ4n) is 3.20. The predicted molar refractivity (Wildman–Crippen MR) is 103 cm³/mol. The molecule has 6 nitrogen and oxygen atoms in total. The van der Waals surface area contributed by atoms with Gasteiger partial charge in [-0.25, -0.2) is 4.79 Å². The topological polar surface area (TPSA) is 73.2 Å². The molecular weight excluding hydrogens is 398 g/mol. The highest BCUT2D eigenvalue weighted by atomic mass is 79.9. The van der Waals surface area contributed by atoms with Crippen molar-refractivity contribution in [2.24, 2.45) is 0 Å². The highest BCUT2D eigenvalue weighted by Crippen LogP contribution is 2.25. The van der Waals surface area contributed by atoms with Crippen LogP contribution in [0.1, 0.15) is 63.4 Å². The fourth-order valence-corrected chi connectivity index (χ4v) is 3.56. The van der Waals surface area contributed by atoms with Crippen LogP contribution in [0.2, 0.25) is 0 Å². The Balaban J connectivity index is 1.95. The number of halogens is 1. The Bertz CT molecular complexity index is 832. The standard InChI is InChI=1S/C19H24BrN3O3/c1-19(2,3)26-18(25)23-15-10-9-12(20)11-14(15)16(22-23)17(24)21-13-7-5-4-6-8-13/h9-11,13H,4-8H2,1-3H3,(H,21,24). The number of aromatic nitrogens is 2. The second-order valence-electron chi connectivity index (χ2n) is 7.71. The van der Waals surface area contributed by atoms with Crippen LogP contribution in [0.5, 0.6) is 0 Å². The van der Waals surface area contributed by atoms with E-state index >= 15 is 0 Å². The number of ether oxygens (including phenoxy) is 1. The molecule has 1 fully saturated rings. The van der Waals surface area contributed by atoms with Crippen LogP contribution < -0.4 is 5.32 Å². The van der Waals surface area contributed by atoms with Gasteiger partial charge in [0.25, 0.3) is 5.91 Å². The molecule has 26 heavy (non-hydrogen) atoms. The Hall–Kier alpha value is -1.89. The summed E-state index contributed by atoms with van der Waals surface area (Å²) in [4.78, 5) is 25.3. The van der Waals surface area contributed by atoms with Gasteiger partial charge >= 0.3 is 6.09 Å². The van der Waals surface area contributed by atoms with Crippen LogP contribution in [0.25, 0.3) is 10.9 Å². The summed E-state index contributed by atoms with van der Waals surface area (Å²) >= 11 is 3.42. The number of fused-ring (bicyclic) bond motifs is 1. The van der Waals surface area contributed by atoms with Crippen LogP contribution in [0.3, 0.4) is 0 Å². The number of nitrogens with zero attached hydrogens (tertiary/aromatic N) is 2. The number of rotatable bonds is 2. The van der Waals surface area contributed by atoms with E-state index < -0.39 is 11.7 Å². The van der Waals surface area contributed by atoms with Crippen LogP contribution >= 0.6 is 15.9 Å². The molecule has 1 aliphatic rings. The van der Waals surface area contributed by atoms with E-state index in [1.165, 1.54) is 11.1 Å². The van der Waals surface area contributed by atoms with Gasteiger partial charge < -0.3 is 10.1 Å². The van der Waals surface area contributed by atoms with Crippen molar-refractivity contribution in [1.82, 2.24) is 15.1 Å². The highest BCUT2D eigenvalue weighted by Gasteiger charge is 2.26. The molecule has 0 aliphatic heterocycles. The number of hydrogen-bond donors (Lipinski definition) is 1. The van der Waals surface area contributed by atoms with E-state index in [0.717, 1.165) is 30.2 Å². The van der Waals surface area contributed by atoms with Crippen LogP contribution in [0, 0.1) is 0 Å². The van der Waals surface area contributed by atoms with E-state index in [0.29, 0.717) is 10.9 Å². The molecule has 140 valence electrons. The molecule has 1 N–H and O–H groups in total. The fraction of sp³-hybridized carbons (Fsp3) is 0.526. The number of carbonyl (C=O) groups is 2. The van der Waals surface area contributed by atoms with Crippen LogP contribution in [0.15, 0.2) is 22.7 Å². The third-order valence-corrected chi connectivity index (χ3v) is 4.86. The number of hydrogen-bond acceptors (Lipinski definition) is 4. The largest absolute Gasteiger partial charge is 0.442 e. The van der Waals surface area contributed by atoms with Crippen molar-refractivity contribution in [2.75, 3.05) is 0 Å². The van der Waals surface area contributed by atoms with Crippen molar-refractivity contribution >= 4 is 38.8 Å². The molecule has 0 bridgehead atoms. The maximum Gasteiger partial charge on any atom is 0.435 e. The minimum Gasteiger partial charge on any atom is -0.442 e. The maximum absolute atomic E-state index is 12.8. The maximum atomic E-state index is 12.8. The molecule has 2 aromatic rings. The smallest absolute Gasteiger partial charge is 0.435 e. The number of benzene rings is 1. The van der Waals surface area contributed by atoms with E-state index in [4.69, 9.17) is 4.74 Å². The molecule has 7 heteroatoms. The number of nitrogens with one attached hydrogen (secondary N) is 1. The molecule has 1 heterocycles. The second-order valence-corrected chi connectivity index (χ2v) is 8.63. The van der Waals surface area contributed by atoms with E-state index in [1.54, 1.807) is 32.9 Å². The predicted octanol–water partition coefficient (Wildman–Crippen LogP) is 4.64. The molecular formula is C19H24BrN3O3. The molecule has 1 aliphatic carbocycles. The summed E-state index contributed by atoms with van der Waals surface area (Å²) in [6, 6.07) is 5.55. The zero-order chi connectivity index (χ0) is 18.9. The molecule has 1 amide bonds. The van der Waals surface area contributed by atoms with Crippen LogP contribution in [0.4, 0.5) is 4.79 Å². The monoisotopic (exact) mass is 421 g/mol. The quantitative estimate of drug-likeness (QED) is 0.765. The summed E-state index contributed by atoms with van der Waals surface area (Å²) in [5, 5.41) is 7.98. The van der Waals surface area contributed by atoms with Gasteiger partial charge in [-0.15, -0.1) is 0 Å². The SMILES string of the molecule is CC(C)(C)OC(=O)n1nc(C(=O)NC2CCCCC2)c2cc(Br)ccc21. The summed E-state index contributed by atoms with van der Waals surface area (Å²) in [5.41, 5.74) is 0.156. The van der Waals surface area contributed by atoms with Crippen molar-refractivity contribution in [3.8, 4) is 0 Å². The molecule has 0 radical (unpaired) electrons. The summed E-state index contributed by atoms with van der Waals surface area (Å²) in [7, 11) is 0. The van der Waals surface area contributed by atoms with E-state index in [9.17, 15) is 9.59 Å². The summed E-state index contributed by atoms with van der Waals surface area (Å²) in [6.45, 7) is 5.39. The molecule has 0 atom stereocenters. The molecule has 1 saturated carbocycles. The average Bonchev–Trinajstić information content (AvgIpc) is 2.93.